The zero-order chi connectivity index (χ0) is 38.6. The summed E-state index contributed by atoms with van der Waals surface area (Å²) in [5.41, 5.74) is 12.2. The largest absolute Gasteiger partial charge is 0.456 e. The van der Waals surface area contributed by atoms with Crippen LogP contribution in [-0.4, -0.2) is 19.5 Å². The average molecular weight is 742 g/mol. The van der Waals surface area contributed by atoms with Crippen LogP contribution in [0.15, 0.2) is 192 Å². The number of furan rings is 1. The smallest absolute Gasteiger partial charge is 0.187 e. The van der Waals surface area contributed by atoms with Crippen molar-refractivity contribution in [3.05, 3.63) is 199 Å². The van der Waals surface area contributed by atoms with Gasteiger partial charge < -0.3 is 8.98 Å². The number of para-hydroxylation sites is 2. The van der Waals surface area contributed by atoms with Crippen molar-refractivity contribution in [2.45, 2.75) is 0 Å². The van der Waals surface area contributed by atoms with E-state index in [0.717, 1.165) is 88.4 Å². The number of aromatic nitrogens is 4. The normalized spacial score (nSPS) is 11.4. The summed E-state index contributed by atoms with van der Waals surface area (Å²) in [6.07, 6.45) is 0. The first-order valence-corrected chi connectivity index (χ1v) is 19.1. The highest BCUT2D eigenvalue weighted by Crippen LogP contribution is 2.40. The Balaban J connectivity index is 1.20. The van der Waals surface area contributed by atoms with Crippen molar-refractivity contribution in [3.63, 3.8) is 0 Å². The standard InChI is InChI=1S/C52H31N5O/c1-53-39-25-20-33(21-26-39)38-22-27-41-40-16-8-10-18-45(40)57(47(41)32-38)46-28-23-36(37-24-29-49-43(30-37)42-17-9-11-19-48(42)58-49)31-44(46)52-55-50(34-12-4-2-5-13-34)54-51(56-52)35-14-6-3-7-15-35/h2-32H. The molecule has 3 aromatic heterocycles. The number of hydrogen-bond donors (Lipinski definition) is 0. The Hall–Kier alpha value is -8.14. The van der Waals surface area contributed by atoms with Gasteiger partial charge in [-0.05, 0) is 64.7 Å². The van der Waals surface area contributed by atoms with Gasteiger partial charge in [-0.3, -0.25) is 0 Å². The molecule has 0 spiro atoms. The van der Waals surface area contributed by atoms with E-state index in [2.05, 4.69) is 94.3 Å². The van der Waals surface area contributed by atoms with E-state index in [9.17, 15) is 0 Å². The topological polar surface area (TPSA) is 61.1 Å². The van der Waals surface area contributed by atoms with E-state index in [1.807, 2.05) is 103 Å². The molecule has 0 fully saturated rings. The van der Waals surface area contributed by atoms with Crippen molar-refractivity contribution >= 4 is 49.4 Å². The molecule has 8 aromatic carbocycles. The molecule has 0 aliphatic rings. The lowest BCUT2D eigenvalue weighted by Crippen LogP contribution is -2.04. The fourth-order valence-corrected chi connectivity index (χ4v) is 8.06. The van der Waals surface area contributed by atoms with Gasteiger partial charge in [0.1, 0.15) is 11.2 Å². The van der Waals surface area contributed by atoms with E-state index in [0.29, 0.717) is 23.2 Å². The third kappa shape index (κ3) is 5.61. The zero-order valence-corrected chi connectivity index (χ0v) is 31.0. The third-order valence-corrected chi connectivity index (χ3v) is 10.9. The van der Waals surface area contributed by atoms with Gasteiger partial charge in [-0.15, -0.1) is 0 Å². The molecule has 0 N–H and O–H groups in total. The molecule has 3 heterocycles. The third-order valence-electron chi connectivity index (χ3n) is 10.9. The predicted molar refractivity (Wildman–Crippen MR) is 235 cm³/mol. The molecule has 58 heavy (non-hydrogen) atoms. The second kappa shape index (κ2) is 13.6. The van der Waals surface area contributed by atoms with Gasteiger partial charge in [0.2, 0.25) is 0 Å². The van der Waals surface area contributed by atoms with Crippen molar-refractivity contribution in [1.82, 2.24) is 19.5 Å². The first kappa shape index (κ1) is 33.2. The summed E-state index contributed by atoms with van der Waals surface area (Å²) in [5, 5.41) is 4.43. The fraction of sp³-hybridized carbons (Fsp3) is 0. The molecule has 0 saturated heterocycles. The maximum absolute atomic E-state index is 7.46. The molecule has 0 aliphatic carbocycles. The number of fused-ring (bicyclic) bond motifs is 6. The Labute approximate surface area is 333 Å². The summed E-state index contributed by atoms with van der Waals surface area (Å²) < 4.78 is 8.54. The minimum absolute atomic E-state index is 0.566. The van der Waals surface area contributed by atoms with E-state index in [1.165, 1.54) is 0 Å². The van der Waals surface area contributed by atoms with E-state index in [-0.39, 0.29) is 0 Å². The van der Waals surface area contributed by atoms with Crippen molar-refractivity contribution in [1.29, 1.82) is 0 Å². The Kier molecular flexibility index (Phi) is 7.76. The molecule has 0 aliphatic heterocycles. The highest BCUT2D eigenvalue weighted by Gasteiger charge is 2.21. The number of hydrogen-bond acceptors (Lipinski definition) is 4. The van der Waals surface area contributed by atoms with Crippen molar-refractivity contribution in [2.75, 3.05) is 0 Å². The van der Waals surface area contributed by atoms with Gasteiger partial charge in [0, 0.05) is 38.2 Å². The van der Waals surface area contributed by atoms with Crippen LogP contribution in [0.2, 0.25) is 0 Å². The van der Waals surface area contributed by atoms with Crippen LogP contribution in [-0.2, 0) is 0 Å². The van der Waals surface area contributed by atoms with Crippen molar-refractivity contribution in [2.24, 2.45) is 0 Å². The van der Waals surface area contributed by atoms with Crippen LogP contribution in [0.1, 0.15) is 0 Å². The van der Waals surface area contributed by atoms with Gasteiger partial charge in [-0.1, -0.05) is 146 Å². The second-order valence-corrected chi connectivity index (χ2v) is 14.3. The van der Waals surface area contributed by atoms with Crippen molar-refractivity contribution in [3.8, 4) is 62.1 Å². The Morgan fingerprint density at radius 3 is 1.69 bits per heavy atom. The molecule has 0 saturated carbocycles. The summed E-state index contributed by atoms with van der Waals surface area (Å²) in [4.78, 5) is 19.1. The molecule has 6 heteroatoms. The van der Waals surface area contributed by atoms with E-state index in [4.69, 9.17) is 25.9 Å². The quantitative estimate of drug-likeness (QED) is 0.159. The molecule has 11 rings (SSSR count). The zero-order valence-electron chi connectivity index (χ0n) is 31.0. The van der Waals surface area contributed by atoms with Crippen LogP contribution in [0.25, 0.3) is 111 Å². The van der Waals surface area contributed by atoms with Crippen LogP contribution in [0.3, 0.4) is 0 Å². The van der Waals surface area contributed by atoms with Gasteiger partial charge in [0.15, 0.2) is 23.2 Å². The first-order valence-electron chi connectivity index (χ1n) is 19.1. The van der Waals surface area contributed by atoms with E-state index >= 15 is 0 Å². The van der Waals surface area contributed by atoms with Gasteiger partial charge in [-0.25, -0.2) is 19.8 Å². The van der Waals surface area contributed by atoms with Crippen LogP contribution in [0.4, 0.5) is 5.69 Å². The molecular weight excluding hydrogens is 711 g/mol. The molecular formula is C52H31N5O. The average Bonchev–Trinajstić information content (AvgIpc) is 3.84. The summed E-state index contributed by atoms with van der Waals surface area (Å²) in [7, 11) is 0. The maximum Gasteiger partial charge on any atom is 0.187 e. The Morgan fingerprint density at radius 1 is 0.397 bits per heavy atom. The Morgan fingerprint density at radius 2 is 0.948 bits per heavy atom. The number of benzene rings is 8. The molecule has 0 amide bonds. The molecule has 0 radical (unpaired) electrons. The second-order valence-electron chi connectivity index (χ2n) is 14.3. The molecule has 0 atom stereocenters. The van der Waals surface area contributed by atoms with Gasteiger partial charge in [0.25, 0.3) is 0 Å². The minimum Gasteiger partial charge on any atom is -0.456 e. The van der Waals surface area contributed by atoms with E-state index in [1.54, 1.807) is 0 Å². The predicted octanol–water partition coefficient (Wildman–Crippen LogP) is 13.8. The lowest BCUT2D eigenvalue weighted by molar-refractivity contribution is 0.669. The molecule has 6 nitrogen and oxygen atoms in total. The number of rotatable bonds is 6. The van der Waals surface area contributed by atoms with Crippen LogP contribution in [0.5, 0.6) is 0 Å². The summed E-state index contributed by atoms with van der Waals surface area (Å²) in [6, 6.07) is 64.3. The highest BCUT2D eigenvalue weighted by atomic mass is 16.3. The monoisotopic (exact) mass is 741 g/mol. The van der Waals surface area contributed by atoms with Gasteiger partial charge in [0.05, 0.1) is 23.3 Å². The SMILES string of the molecule is [C-]#[N+]c1ccc(-c2ccc3c4ccccc4n(-c4ccc(-c5ccc6oc7ccccc7c6c5)cc4-c4nc(-c5ccccc5)nc(-c5ccccc5)n4)c3c2)cc1. The summed E-state index contributed by atoms with van der Waals surface area (Å²) >= 11 is 0. The summed E-state index contributed by atoms with van der Waals surface area (Å²) in [6.45, 7) is 7.46. The van der Waals surface area contributed by atoms with E-state index < -0.39 is 0 Å². The lowest BCUT2D eigenvalue weighted by Gasteiger charge is -2.17. The van der Waals surface area contributed by atoms with Gasteiger partial charge in [-0.2, -0.15) is 0 Å². The lowest BCUT2D eigenvalue weighted by atomic mass is 9.99. The maximum atomic E-state index is 7.46. The first-order chi connectivity index (χ1) is 28.7. The Bertz CT molecular complexity index is 3340. The summed E-state index contributed by atoms with van der Waals surface area (Å²) in [5.74, 6) is 1.76. The van der Waals surface area contributed by atoms with Crippen LogP contribution >= 0.6 is 0 Å². The highest BCUT2D eigenvalue weighted by molar-refractivity contribution is 6.11. The van der Waals surface area contributed by atoms with Crippen LogP contribution in [0, 0.1) is 6.57 Å². The molecule has 11 aromatic rings. The minimum atomic E-state index is 0.566. The fourth-order valence-electron chi connectivity index (χ4n) is 8.06. The number of nitrogens with zero attached hydrogens (tertiary/aromatic N) is 5. The van der Waals surface area contributed by atoms with Gasteiger partial charge >= 0.3 is 0 Å². The van der Waals surface area contributed by atoms with Crippen molar-refractivity contribution < 1.29 is 4.42 Å². The van der Waals surface area contributed by atoms with Crippen LogP contribution < -0.4 is 0 Å². The molecule has 0 unspecified atom stereocenters. The molecule has 0 bridgehead atoms. The molecule has 270 valence electrons.